The topological polar surface area (TPSA) is 262 Å². The fourth-order valence-corrected chi connectivity index (χ4v) is 12.4. The largest absolute Gasteiger partial charge is 0.497 e. The highest BCUT2D eigenvalue weighted by atomic mass is 19.4. The Labute approximate surface area is 614 Å². The zero-order chi connectivity index (χ0) is 76.0. The number of carbonyl (C=O) groups is 4. The lowest BCUT2D eigenvalue weighted by Gasteiger charge is -2.47. The van der Waals surface area contributed by atoms with E-state index in [1.54, 1.807) is 104 Å². The summed E-state index contributed by atoms with van der Waals surface area (Å²) in [5.74, 6) is 0.853. The van der Waals surface area contributed by atoms with Crippen LogP contribution in [0.15, 0.2) is 194 Å². The number of aliphatic hydroxyl groups is 1. The van der Waals surface area contributed by atoms with Gasteiger partial charge in [0.05, 0.1) is 85.2 Å². The maximum absolute atomic E-state index is 15.4. The van der Waals surface area contributed by atoms with Crippen LogP contribution >= 0.6 is 0 Å². The lowest BCUT2D eigenvalue weighted by molar-refractivity contribution is -0.301. The number of amides is 6. The number of hydrogen-bond donors (Lipinski definition) is 7. The molecular formula is C79H84F6N6O16. The van der Waals surface area contributed by atoms with E-state index < -0.39 is 116 Å². The third-order valence-corrected chi connectivity index (χ3v) is 17.9. The number of benzene rings is 8. The highest BCUT2D eigenvalue weighted by Gasteiger charge is 2.51. The van der Waals surface area contributed by atoms with Crippen molar-refractivity contribution in [2.75, 3.05) is 65.4 Å². The van der Waals surface area contributed by atoms with E-state index in [0.29, 0.717) is 63.8 Å². The van der Waals surface area contributed by atoms with Gasteiger partial charge in [-0.25, -0.2) is 14.4 Å². The van der Waals surface area contributed by atoms with Crippen molar-refractivity contribution in [3.63, 3.8) is 0 Å². The van der Waals surface area contributed by atoms with Gasteiger partial charge in [0.1, 0.15) is 72.2 Å². The molecule has 4 unspecified atom stereocenters. The zero-order valence-electron chi connectivity index (χ0n) is 59.2. The number of ether oxygens (including phenoxy) is 11. The van der Waals surface area contributed by atoms with Crippen LogP contribution in [-0.4, -0.2) is 139 Å². The van der Waals surface area contributed by atoms with Crippen molar-refractivity contribution in [1.82, 2.24) is 21.3 Å². The summed E-state index contributed by atoms with van der Waals surface area (Å²) in [6, 6.07) is 43.4. The molecule has 2 aliphatic rings. The van der Waals surface area contributed by atoms with E-state index >= 15 is 4.79 Å². The fraction of sp³-hybridized carbons (Fsp3) is 0.342. The Morgan fingerprint density at radius 1 is 0.533 bits per heavy atom. The van der Waals surface area contributed by atoms with Crippen molar-refractivity contribution < 1.29 is 103 Å². The number of methoxy groups -OCH3 is 4. The number of alkyl halides is 6. The normalized spacial score (nSPS) is 17.4. The first-order chi connectivity index (χ1) is 51.6. The molecule has 1 fully saturated rings. The molecule has 0 aromatic heterocycles. The Morgan fingerprint density at radius 3 is 1.49 bits per heavy atom. The number of carbonyl (C=O) groups excluding carboxylic acids is 4. The van der Waals surface area contributed by atoms with Crippen molar-refractivity contribution in [2.24, 2.45) is 0 Å². The molecule has 9 atom stereocenters. The van der Waals surface area contributed by atoms with Gasteiger partial charge in [0.25, 0.3) is 0 Å². The van der Waals surface area contributed by atoms with Gasteiger partial charge in [0.2, 0.25) is 5.91 Å². The second-order valence-corrected chi connectivity index (χ2v) is 25.2. The molecule has 0 radical (unpaired) electrons. The van der Waals surface area contributed by atoms with E-state index in [1.807, 2.05) is 48.5 Å². The summed E-state index contributed by atoms with van der Waals surface area (Å²) in [6.07, 6.45) is -20.0. The van der Waals surface area contributed by atoms with Gasteiger partial charge in [0, 0.05) is 23.8 Å². The number of fused-ring (bicyclic) bond motifs is 3. The SMILES string of the molecule is CCCC(NC(=O)OCC1c2ccccc2-c2ccccc21)C(=O)N[C@@H](C(O)COCc1ccc(OC)cc1)[C@@H](CNC(=O)Nc1cccc(C(F)(F)F)c1)O[C@@H]1OC(COCc2ccc(OC)cc2)[C@H](OCc2ccc(OC)cc2)[C@H](OCc2ccc(OC)cc2)C1NC(=O)Nc1cccc(C(F)(F)F)c1. The number of hydrogen-bond acceptors (Lipinski definition) is 16. The molecule has 22 nitrogen and oxygen atoms in total. The summed E-state index contributed by atoms with van der Waals surface area (Å²) >= 11 is 0. The maximum atomic E-state index is 15.4. The van der Waals surface area contributed by atoms with Crippen molar-refractivity contribution >= 4 is 35.4 Å². The molecule has 568 valence electrons. The van der Waals surface area contributed by atoms with Gasteiger partial charge in [-0.2, -0.15) is 26.3 Å². The summed E-state index contributed by atoms with van der Waals surface area (Å²) in [7, 11) is 6.00. The molecule has 6 amide bonds. The second-order valence-electron chi connectivity index (χ2n) is 25.2. The molecular weight excluding hydrogens is 1400 g/mol. The second kappa shape index (κ2) is 37.7. The lowest BCUT2D eigenvalue weighted by atomic mass is 9.95. The van der Waals surface area contributed by atoms with Gasteiger partial charge in [0.15, 0.2) is 6.29 Å². The Morgan fingerprint density at radius 2 is 1.00 bits per heavy atom. The number of nitrogens with one attached hydrogen (secondary N) is 6. The minimum absolute atomic E-state index is 0.0158. The number of halogens is 6. The van der Waals surface area contributed by atoms with E-state index in [1.165, 1.54) is 40.6 Å². The summed E-state index contributed by atoms with van der Waals surface area (Å²) in [5, 5.41) is 28.7. The zero-order valence-corrected chi connectivity index (χ0v) is 59.2. The maximum Gasteiger partial charge on any atom is 0.416 e. The van der Waals surface area contributed by atoms with Crippen LogP contribution in [0.3, 0.4) is 0 Å². The third kappa shape index (κ3) is 22.1. The van der Waals surface area contributed by atoms with Crippen LogP contribution in [0.1, 0.15) is 70.2 Å². The van der Waals surface area contributed by atoms with Crippen molar-refractivity contribution in [1.29, 1.82) is 0 Å². The number of rotatable bonds is 34. The van der Waals surface area contributed by atoms with Gasteiger partial charge in [-0.3, -0.25) is 4.79 Å². The van der Waals surface area contributed by atoms with Crippen molar-refractivity contribution in [2.45, 2.75) is 119 Å². The average molecular weight is 1490 g/mol. The molecule has 28 heteroatoms. The first kappa shape index (κ1) is 79.1. The lowest BCUT2D eigenvalue weighted by Crippen LogP contribution is -2.68. The van der Waals surface area contributed by atoms with Crippen molar-refractivity contribution in [3.8, 4) is 34.1 Å². The molecule has 8 aromatic rings. The Hall–Kier alpha value is -10.5. The average Bonchev–Trinajstić information content (AvgIpc) is 1.70. The summed E-state index contributed by atoms with van der Waals surface area (Å²) in [6.45, 7) is -0.650. The predicted octanol–water partition coefficient (Wildman–Crippen LogP) is 13.3. The van der Waals surface area contributed by atoms with Crippen LogP contribution in [0.4, 0.5) is 52.1 Å². The Kier molecular flexibility index (Phi) is 27.9. The molecule has 1 aliphatic heterocycles. The quantitative estimate of drug-likeness (QED) is 0.0185. The summed E-state index contributed by atoms with van der Waals surface area (Å²) in [4.78, 5) is 58.7. The van der Waals surface area contributed by atoms with Gasteiger partial charge in [-0.1, -0.05) is 123 Å². The molecule has 0 bridgehead atoms. The van der Waals surface area contributed by atoms with Crippen LogP contribution < -0.4 is 50.8 Å². The summed E-state index contributed by atoms with van der Waals surface area (Å²) in [5.41, 5.74) is 3.50. The van der Waals surface area contributed by atoms with E-state index in [9.17, 15) is 45.8 Å². The number of urea groups is 2. The molecule has 0 spiro atoms. The fourth-order valence-electron chi connectivity index (χ4n) is 12.4. The number of alkyl carbamates (subject to hydrolysis) is 1. The minimum atomic E-state index is -4.83. The molecule has 1 saturated heterocycles. The highest BCUT2D eigenvalue weighted by molar-refractivity contribution is 5.90. The first-order valence-corrected chi connectivity index (χ1v) is 34.4. The van der Waals surface area contributed by atoms with Crippen LogP contribution in [-0.2, 0) is 76.7 Å². The van der Waals surface area contributed by atoms with Gasteiger partial charge in [-0.05, 0) is 136 Å². The first-order valence-electron chi connectivity index (χ1n) is 34.4. The number of aliphatic hydroxyl groups excluding tert-OH is 1. The van der Waals surface area contributed by atoms with Crippen LogP contribution in [0.2, 0.25) is 0 Å². The van der Waals surface area contributed by atoms with E-state index in [0.717, 1.165) is 46.5 Å². The molecule has 107 heavy (non-hydrogen) atoms. The van der Waals surface area contributed by atoms with Gasteiger partial charge >= 0.3 is 30.5 Å². The summed E-state index contributed by atoms with van der Waals surface area (Å²) < 4.78 is 153. The predicted molar refractivity (Wildman–Crippen MR) is 383 cm³/mol. The van der Waals surface area contributed by atoms with E-state index in [-0.39, 0.29) is 63.4 Å². The highest BCUT2D eigenvalue weighted by Crippen LogP contribution is 2.45. The molecule has 10 rings (SSSR count). The van der Waals surface area contributed by atoms with E-state index in [4.69, 9.17) is 52.1 Å². The smallest absolute Gasteiger partial charge is 0.416 e. The standard InChI is InChI=1S/C79H84F6N6O16/c1-6-13-65(89-77(96)105-45-64-62-20-9-7-18-60(62)61-19-8-10-21-63(61)64)73(93)90-69(66(92)46-101-41-48-22-30-56(97-2)31-23-48)67(40-86-75(94)87-54-16-11-14-52(38-54)78(80,81)82)106-74-70(91-76(95)88-55-17-12-15-53(39-55)79(83,84)85)72(104-44-51-28-36-59(100-5)37-29-51)71(103-43-50-26-34-58(99-4)35-27-50)68(107-74)47-102-42-49-24-32-57(98-3)33-25-49/h7-12,14-39,64-72,74,92H,6,13,40-47H2,1-5H3,(H,89,96)(H,90,93)(H2,86,87,94)(H2,88,91,95)/t65?,66?,67-,68?,69+,70?,71+,72-,74-/m1/s1. The molecule has 1 heterocycles. The van der Waals surface area contributed by atoms with Crippen LogP contribution in [0.5, 0.6) is 23.0 Å². The third-order valence-electron chi connectivity index (χ3n) is 17.9. The molecule has 1 aliphatic carbocycles. The van der Waals surface area contributed by atoms with Crippen LogP contribution in [0.25, 0.3) is 11.1 Å². The van der Waals surface area contributed by atoms with Gasteiger partial charge in [-0.15, -0.1) is 0 Å². The molecule has 7 N–H and O–H groups in total. The van der Waals surface area contributed by atoms with Gasteiger partial charge < -0.3 is 89.1 Å². The Balaban J connectivity index is 1.06. The number of anilines is 2. The van der Waals surface area contributed by atoms with E-state index in [2.05, 4.69) is 31.9 Å². The molecule has 0 saturated carbocycles. The molecule has 8 aromatic carbocycles. The minimum Gasteiger partial charge on any atom is -0.497 e. The Bertz CT molecular complexity index is 4150. The van der Waals surface area contributed by atoms with Crippen molar-refractivity contribution in [3.05, 3.63) is 239 Å². The monoisotopic (exact) mass is 1490 g/mol. The van der Waals surface area contributed by atoms with Crippen LogP contribution in [0, 0.1) is 0 Å².